The van der Waals surface area contributed by atoms with Crippen LogP contribution in [0.5, 0.6) is 0 Å². The van der Waals surface area contributed by atoms with Crippen molar-refractivity contribution in [2.45, 2.75) is 136 Å². The summed E-state index contributed by atoms with van der Waals surface area (Å²) in [6.45, 7) is 20.4. The molecule has 0 bridgehead atoms. The monoisotopic (exact) mass is 881 g/mol. The molecule has 354 valence electrons. The molecule has 1 heterocycles. The second-order valence-corrected chi connectivity index (χ2v) is 17.9. The minimum atomic E-state index is -0.902. The molecule has 1 aliphatic rings. The fourth-order valence-corrected chi connectivity index (χ4v) is 8.66. The number of allylic oxidation sites excluding steroid dienone is 3. The van der Waals surface area contributed by atoms with Gasteiger partial charge in [0, 0.05) is 46.5 Å². The molecular formula is C49H80N6O8. The van der Waals surface area contributed by atoms with Gasteiger partial charge in [-0.15, -0.1) is 0 Å². The number of benzene rings is 1. The van der Waals surface area contributed by atoms with E-state index in [9.17, 15) is 24.0 Å². The summed E-state index contributed by atoms with van der Waals surface area (Å²) in [6, 6.07) is 6.26. The average Bonchev–Trinajstić information content (AvgIpc) is 3.75. The quantitative estimate of drug-likeness (QED) is 0.0823. The Hall–Kier alpha value is -4.53. The van der Waals surface area contributed by atoms with Gasteiger partial charge in [-0.05, 0) is 68.7 Å². The Bertz CT molecular complexity index is 1700. The highest BCUT2D eigenvalue weighted by Crippen LogP contribution is 2.30. The first-order valence-electron chi connectivity index (χ1n) is 22.6. The van der Waals surface area contributed by atoms with Gasteiger partial charge in [0.25, 0.3) is 0 Å². The topological polar surface area (TPSA) is 173 Å². The van der Waals surface area contributed by atoms with Gasteiger partial charge in [-0.2, -0.15) is 0 Å². The summed E-state index contributed by atoms with van der Waals surface area (Å²) in [5.41, 5.74) is 8.42. The lowest BCUT2D eigenvalue weighted by Gasteiger charge is -2.41. The molecule has 9 atom stereocenters. The Kier molecular flexibility index (Phi) is 23.4. The normalized spacial score (nSPS) is 18.5. The number of rotatable bonds is 26. The lowest BCUT2D eigenvalue weighted by Crippen LogP contribution is -2.60. The van der Waals surface area contributed by atoms with Crippen LogP contribution in [0.2, 0.25) is 0 Å². The van der Waals surface area contributed by atoms with Gasteiger partial charge >= 0.3 is 5.97 Å². The van der Waals surface area contributed by atoms with Gasteiger partial charge in [0.2, 0.25) is 23.6 Å². The zero-order chi connectivity index (χ0) is 47.6. The SMILES string of the molecule is C=C/C(N)=C\C=C(/C)CCN(C)[C@H](C(=O)N[C@H](C(=O)N(C)[C@H]([C@@H](C)CC)[C@@H](CC(=O)N1CCC[C@H]1[C@H](OC)[C@@H](C)C(=O)N[C@@H](Cc1ccccc1)C(=O)OC)OC)C(C)C)C(C)C. The Morgan fingerprint density at radius 1 is 0.937 bits per heavy atom. The largest absolute Gasteiger partial charge is 0.467 e. The van der Waals surface area contributed by atoms with Crippen molar-refractivity contribution in [3.63, 3.8) is 0 Å². The zero-order valence-electron chi connectivity index (χ0n) is 40.5. The van der Waals surface area contributed by atoms with Gasteiger partial charge in [0.15, 0.2) is 0 Å². The summed E-state index contributed by atoms with van der Waals surface area (Å²) in [5, 5.41) is 5.98. The number of nitrogens with zero attached hydrogens (tertiary/aromatic N) is 3. The summed E-state index contributed by atoms with van der Waals surface area (Å²) in [7, 11) is 8.02. The third kappa shape index (κ3) is 15.9. The second kappa shape index (κ2) is 26.9. The third-order valence-corrected chi connectivity index (χ3v) is 12.6. The molecule has 0 aromatic heterocycles. The van der Waals surface area contributed by atoms with Gasteiger partial charge in [0.05, 0.1) is 49.8 Å². The zero-order valence-corrected chi connectivity index (χ0v) is 40.5. The minimum absolute atomic E-state index is 0.0130. The first kappa shape index (κ1) is 54.6. The molecule has 14 nitrogen and oxygen atoms in total. The minimum Gasteiger partial charge on any atom is -0.467 e. The number of nitrogens with two attached hydrogens (primary N) is 1. The van der Waals surface area contributed by atoms with Crippen molar-refractivity contribution in [1.82, 2.24) is 25.3 Å². The molecular weight excluding hydrogens is 801 g/mol. The lowest BCUT2D eigenvalue weighted by molar-refractivity contribution is -0.149. The molecule has 1 aliphatic heterocycles. The van der Waals surface area contributed by atoms with Crippen molar-refractivity contribution in [3.8, 4) is 0 Å². The number of esters is 1. The first-order valence-corrected chi connectivity index (χ1v) is 22.6. The maximum absolute atomic E-state index is 14.6. The summed E-state index contributed by atoms with van der Waals surface area (Å²) in [5.74, 6) is -2.64. The van der Waals surface area contributed by atoms with E-state index < -0.39 is 54.3 Å². The van der Waals surface area contributed by atoms with Crippen molar-refractivity contribution in [2.75, 3.05) is 48.5 Å². The number of hydrogen-bond donors (Lipinski definition) is 3. The van der Waals surface area contributed by atoms with Crippen LogP contribution in [0.25, 0.3) is 0 Å². The molecule has 4 N–H and O–H groups in total. The molecule has 1 fully saturated rings. The second-order valence-electron chi connectivity index (χ2n) is 17.9. The average molecular weight is 881 g/mol. The number of carbonyl (C=O) groups is 5. The van der Waals surface area contributed by atoms with Crippen LogP contribution in [-0.2, 0) is 44.6 Å². The van der Waals surface area contributed by atoms with Crippen LogP contribution in [0.4, 0.5) is 0 Å². The van der Waals surface area contributed by atoms with Crippen LogP contribution < -0.4 is 16.4 Å². The standard InChI is InChI=1S/C49H80N6O8/c1-15-34(8)44(54(11)48(59)42(31(3)4)52-47(58)43(32(5)6)53(10)28-26-33(7)24-25-37(50)16-2)40(61-12)30-41(56)55-27-20-23-39(55)45(62-13)35(9)46(57)51-38(49(60)63-14)29-36-21-18-17-19-22-36/h16-19,21-22,24-25,31-32,34-35,38-40,42-45H,2,15,20,23,26-30,50H2,1,3-14H3,(H,51,57)(H,52,58)/b33-24+,37-25+/t34-,35+,38-,39-,40+,42-,43-,44+,45+/m0/s1. The molecule has 1 aromatic rings. The van der Waals surface area contributed by atoms with Crippen molar-refractivity contribution < 1.29 is 38.2 Å². The van der Waals surface area contributed by atoms with E-state index in [4.69, 9.17) is 19.9 Å². The fraction of sp³-hybridized carbons (Fsp3) is 0.653. The van der Waals surface area contributed by atoms with E-state index in [0.717, 1.165) is 24.0 Å². The highest BCUT2D eigenvalue weighted by Gasteiger charge is 2.43. The number of hydrogen-bond acceptors (Lipinski definition) is 10. The molecule has 0 aliphatic carbocycles. The number of carbonyl (C=O) groups excluding carboxylic acids is 5. The molecule has 0 spiro atoms. The predicted molar refractivity (Wildman–Crippen MR) is 249 cm³/mol. The number of methoxy groups -OCH3 is 3. The van der Waals surface area contributed by atoms with E-state index in [1.54, 1.807) is 37.0 Å². The summed E-state index contributed by atoms with van der Waals surface area (Å²) in [6.07, 6.45) is 7.04. The van der Waals surface area contributed by atoms with Crippen LogP contribution in [0.15, 0.2) is 66.4 Å². The lowest BCUT2D eigenvalue weighted by atomic mass is 9.89. The van der Waals surface area contributed by atoms with Crippen LogP contribution in [-0.4, -0.2) is 135 Å². The Balaban J connectivity index is 2.28. The number of amides is 4. The first-order chi connectivity index (χ1) is 29.8. The Morgan fingerprint density at radius 3 is 2.13 bits per heavy atom. The van der Waals surface area contributed by atoms with Crippen molar-refractivity contribution in [2.24, 2.45) is 29.4 Å². The number of ether oxygens (including phenoxy) is 3. The van der Waals surface area contributed by atoms with E-state index in [-0.39, 0.29) is 54.2 Å². The van der Waals surface area contributed by atoms with E-state index in [1.165, 1.54) is 14.2 Å². The van der Waals surface area contributed by atoms with Crippen molar-refractivity contribution >= 4 is 29.6 Å². The van der Waals surface area contributed by atoms with Crippen molar-refractivity contribution in [1.29, 1.82) is 0 Å². The van der Waals surface area contributed by atoms with Gasteiger partial charge < -0.3 is 40.4 Å². The summed E-state index contributed by atoms with van der Waals surface area (Å²) < 4.78 is 17.1. The molecule has 63 heavy (non-hydrogen) atoms. The number of nitrogens with one attached hydrogen (secondary N) is 2. The maximum Gasteiger partial charge on any atom is 0.328 e. The Morgan fingerprint density at radius 2 is 1.59 bits per heavy atom. The van der Waals surface area contributed by atoms with Crippen molar-refractivity contribution in [3.05, 3.63) is 72.0 Å². The van der Waals surface area contributed by atoms with Gasteiger partial charge in [0.1, 0.15) is 12.1 Å². The van der Waals surface area contributed by atoms with E-state index in [1.807, 2.05) is 103 Å². The summed E-state index contributed by atoms with van der Waals surface area (Å²) in [4.78, 5) is 74.9. The molecule has 0 radical (unpaired) electrons. The molecule has 14 heteroatoms. The highest BCUT2D eigenvalue weighted by atomic mass is 16.5. The van der Waals surface area contributed by atoms with E-state index >= 15 is 0 Å². The van der Waals surface area contributed by atoms with Gasteiger partial charge in [-0.25, -0.2) is 4.79 Å². The molecule has 0 saturated carbocycles. The molecule has 2 rings (SSSR count). The van der Waals surface area contributed by atoms with Crippen LogP contribution in [0.3, 0.4) is 0 Å². The predicted octanol–water partition coefficient (Wildman–Crippen LogP) is 5.27. The molecule has 1 aromatic carbocycles. The van der Waals surface area contributed by atoms with E-state index in [0.29, 0.717) is 31.6 Å². The molecule has 0 unspecified atom stereocenters. The summed E-state index contributed by atoms with van der Waals surface area (Å²) >= 11 is 0. The smallest absolute Gasteiger partial charge is 0.328 e. The molecule has 1 saturated heterocycles. The maximum atomic E-state index is 14.6. The fourth-order valence-electron chi connectivity index (χ4n) is 8.66. The number of likely N-dealkylation sites (tertiary alicyclic amines) is 1. The Labute approximate surface area is 378 Å². The molecule has 4 amide bonds. The van der Waals surface area contributed by atoms with Gasteiger partial charge in [-0.3, -0.25) is 24.1 Å². The van der Waals surface area contributed by atoms with Crippen LogP contribution >= 0.6 is 0 Å². The van der Waals surface area contributed by atoms with Crippen LogP contribution in [0.1, 0.15) is 93.1 Å². The van der Waals surface area contributed by atoms with Gasteiger partial charge in [-0.1, -0.05) is 103 Å². The van der Waals surface area contributed by atoms with E-state index in [2.05, 4.69) is 17.2 Å². The number of likely N-dealkylation sites (N-methyl/N-ethyl adjacent to an activating group) is 2. The van der Waals surface area contributed by atoms with Crippen LogP contribution in [0, 0.1) is 23.7 Å². The third-order valence-electron chi connectivity index (χ3n) is 12.6. The highest BCUT2D eigenvalue weighted by molar-refractivity contribution is 5.90.